The van der Waals surface area contributed by atoms with Gasteiger partial charge in [-0.2, -0.15) is 0 Å². The molecule has 1 aliphatic rings. The maximum absolute atomic E-state index is 9.11. The maximum atomic E-state index is 9.11. The van der Waals surface area contributed by atoms with Crippen LogP contribution in [0.15, 0.2) is 22.7 Å². The predicted octanol–water partition coefficient (Wildman–Crippen LogP) is 3.74. The highest BCUT2D eigenvalue weighted by molar-refractivity contribution is 9.10. The minimum Gasteiger partial charge on any atom is -0.396 e. The summed E-state index contributed by atoms with van der Waals surface area (Å²) in [6, 6.07) is 6.57. The van der Waals surface area contributed by atoms with E-state index in [1.54, 1.807) is 0 Å². The SMILES string of the molecule is OCC1CCC(NCc2ccc(Br)cc2Cl)CC1. The summed E-state index contributed by atoms with van der Waals surface area (Å²) in [5.41, 5.74) is 1.14. The average Bonchev–Trinajstić information content (AvgIpc) is 2.38. The lowest BCUT2D eigenvalue weighted by Crippen LogP contribution is -2.33. The zero-order valence-corrected chi connectivity index (χ0v) is 12.7. The van der Waals surface area contributed by atoms with E-state index in [-0.39, 0.29) is 0 Å². The topological polar surface area (TPSA) is 32.3 Å². The molecule has 0 amide bonds. The average molecular weight is 333 g/mol. The van der Waals surface area contributed by atoms with Gasteiger partial charge in [0.25, 0.3) is 0 Å². The fraction of sp³-hybridized carbons (Fsp3) is 0.571. The van der Waals surface area contributed by atoms with Gasteiger partial charge in [-0.1, -0.05) is 33.6 Å². The lowest BCUT2D eigenvalue weighted by atomic mass is 9.86. The zero-order valence-electron chi connectivity index (χ0n) is 10.3. The van der Waals surface area contributed by atoms with Crippen molar-refractivity contribution in [2.45, 2.75) is 38.3 Å². The highest BCUT2D eigenvalue weighted by atomic mass is 79.9. The van der Waals surface area contributed by atoms with Crippen LogP contribution >= 0.6 is 27.5 Å². The fourth-order valence-electron chi connectivity index (χ4n) is 2.47. The molecule has 2 N–H and O–H groups in total. The number of halogens is 2. The van der Waals surface area contributed by atoms with E-state index in [4.69, 9.17) is 16.7 Å². The Labute approximate surface area is 122 Å². The molecule has 1 aromatic carbocycles. The minimum atomic E-state index is 0.339. The summed E-state index contributed by atoms with van der Waals surface area (Å²) < 4.78 is 1.01. The number of rotatable bonds is 4. The highest BCUT2D eigenvalue weighted by Crippen LogP contribution is 2.25. The summed E-state index contributed by atoms with van der Waals surface area (Å²) in [6.07, 6.45) is 4.56. The van der Waals surface area contributed by atoms with Crippen molar-refractivity contribution in [1.29, 1.82) is 0 Å². The largest absolute Gasteiger partial charge is 0.396 e. The van der Waals surface area contributed by atoms with E-state index in [2.05, 4.69) is 27.3 Å². The summed E-state index contributed by atoms with van der Waals surface area (Å²) in [6.45, 7) is 1.16. The van der Waals surface area contributed by atoms with Gasteiger partial charge in [0.15, 0.2) is 0 Å². The van der Waals surface area contributed by atoms with Gasteiger partial charge in [0.1, 0.15) is 0 Å². The Balaban J connectivity index is 1.81. The Kier molecular flexibility index (Phi) is 5.49. The molecule has 0 spiro atoms. The molecule has 0 saturated heterocycles. The molecule has 2 rings (SSSR count). The van der Waals surface area contributed by atoms with Crippen LogP contribution < -0.4 is 5.32 Å². The van der Waals surface area contributed by atoms with Crippen molar-refractivity contribution in [3.63, 3.8) is 0 Å². The Morgan fingerprint density at radius 1 is 1.28 bits per heavy atom. The lowest BCUT2D eigenvalue weighted by molar-refractivity contribution is 0.175. The molecule has 4 heteroatoms. The van der Waals surface area contributed by atoms with E-state index in [9.17, 15) is 0 Å². The smallest absolute Gasteiger partial charge is 0.0462 e. The second-order valence-electron chi connectivity index (χ2n) is 5.02. The maximum Gasteiger partial charge on any atom is 0.0462 e. The summed E-state index contributed by atoms with van der Waals surface area (Å²) >= 11 is 9.60. The second-order valence-corrected chi connectivity index (χ2v) is 6.34. The van der Waals surface area contributed by atoms with Gasteiger partial charge in [0.2, 0.25) is 0 Å². The predicted molar refractivity (Wildman–Crippen MR) is 78.8 cm³/mol. The van der Waals surface area contributed by atoms with Crippen molar-refractivity contribution in [3.8, 4) is 0 Å². The van der Waals surface area contributed by atoms with E-state index in [0.717, 1.165) is 47.3 Å². The molecule has 18 heavy (non-hydrogen) atoms. The first-order valence-electron chi connectivity index (χ1n) is 6.47. The molecule has 1 fully saturated rings. The van der Waals surface area contributed by atoms with Gasteiger partial charge in [-0.15, -0.1) is 0 Å². The molecule has 1 saturated carbocycles. The van der Waals surface area contributed by atoms with E-state index in [1.165, 1.54) is 0 Å². The third-order valence-electron chi connectivity index (χ3n) is 3.70. The molecule has 1 aliphatic carbocycles. The van der Waals surface area contributed by atoms with Crippen LogP contribution in [0.2, 0.25) is 5.02 Å². The first-order chi connectivity index (χ1) is 8.69. The standard InChI is InChI=1S/C14H19BrClNO/c15-12-4-3-11(14(16)7-12)8-17-13-5-1-10(9-18)2-6-13/h3-4,7,10,13,17-18H,1-2,5-6,8-9H2. The summed E-state index contributed by atoms with van der Waals surface area (Å²) in [4.78, 5) is 0. The number of nitrogens with one attached hydrogen (secondary N) is 1. The van der Waals surface area contributed by atoms with Crippen molar-refractivity contribution in [1.82, 2.24) is 5.32 Å². The van der Waals surface area contributed by atoms with E-state index < -0.39 is 0 Å². The van der Waals surface area contributed by atoms with Gasteiger partial charge in [-0.25, -0.2) is 0 Å². The molecule has 1 aromatic rings. The van der Waals surface area contributed by atoms with Crippen molar-refractivity contribution in [2.24, 2.45) is 5.92 Å². The number of aliphatic hydroxyl groups is 1. The number of hydrogen-bond acceptors (Lipinski definition) is 2. The third-order valence-corrected chi connectivity index (χ3v) is 4.55. The van der Waals surface area contributed by atoms with Crippen LogP contribution in [0.3, 0.4) is 0 Å². The zero-order chi connectivity index (χ0) is 13.0. The van der Waals surface area contributed by atoms with Crippen LogP contribution in [0.1, 0.15) is 31.2 Å². The summed E-state index contributed by atoms with van der Waals surface area (Å²) in [5.74, 6) is 0.513. The molecule has 0 bridgehead atoms. The van der Waals surface area contributed by atoms with Gasteiger partial charge in [-0.05, 0) is 49.3 Å². The number of benzene rings is 1. The van der Waals surface area contributed by atoms with Crippen molar-refractivity contribution >= 4 is 27.5 Å². The van der Waals surface area contributed by atoms with Gasteiger partial charge < -0.3 is 10.4 Å². The van der Waals surface area contributed by atoms with Crippen LogP contribution in [0.25, 0.3) is 0 Å². The molecule has 0 unspecified atom stereocenters. The van der Waals surface area contributed by atoms with Crippen LogP contribution in [0.4, 0.5) is 0 Å². The number of hydrogen-bond donors (Lipinski definition) is 2. The summed E-state index contributed by atoms with van der Waals surface area (Å²) in [5, 5.41) is 13.5. The van der Waals surface area contributed by atoms with Gasteiger partial charge in [-0.3, -0.25) is 0 Å². The highest BCUT2D eigenvalue weighted by Gasteiger charge is 2.20. The second kappa shape index (κ2) is 6.90. The van der Waals surface area contributed by atoms with Gasteiger partial charge >= 0.3 is 0 Å². The first-order valence-corrected chi connectivity index (χ1v) is 7.64. The molecule has 0 aliphatic heterocycles. The Morgan fingerprint density at radius 2 is 2.00 bits per heavy atom. The molecular formula is C14H19BrClNO. The Morgan fingerprint density at radius 3 is 2.61 bits per heavy atom. The van der Waals surface area contributed by atoms with E-state index in [0.29, 0.717) is 18.6 Å². The summed E-state index contributed by atoms with van der Waals surface area (Å²) in [7, 11) is 0. The third kappa shape index (κ3) is 3.95. The Hall–Kier alpha value is -0.0900. The van der Waals surface area contributed by atoms with E-state index >= 15 is 0 Å². The lowest BCUT2D eigenvalue weighted by Gasteiger charge is -2.28. The molecule has 2 nitrogen and oxygen atoms in total. The van der Waals surface area contributed by atoms with Crippen LogP contribution in [-0.4, -0.2) is 17.8 Å². The normalized spacial score (nSPS) is 24.2. The number of aliphatic hydroxyl groups excluding tert-OH is 1. The quantitative estimate of drug-likeness (QED) is 0.880. The molecule has 0 heterocycles. The van der Waals surface area contributed by atoms with Crippen LogP contribution in [0, 0.1) is 5.92 Å². The molecule has 100 valence electrons. The monoisotopic (exact) mass is 331 g/mol. The minimum absolute atomic E-state index is 0.339. The molecular weight excluding hydrogens is 314 g/mol. The van der Waals surface area contributed by atoms with Crippen LogP contribution in [-0.2, 0) is 6.54 Å². The van der Waals surface area contributed by atoms with Gasteiger partial charge in [0.05, 0.1) is 0 Å². The first kappa shape index (κ1) is 14.3. The van der Waals surface area contributed by atoms with Crippen LogP contribution in [0.5, 0.6) is 0 Å². The fourth-order valence-corrected chi connectivity index (χ4v) is 3.21. The van der Waals surface area contributed by atoms with Crippen molar-refractivity contribution < 1.29 is 5.11 Å². The Bertz CT molecular complexity index is 391. The molecule has 0 atom stereocenters. The molecule has 0 aromatic heterocycles. The van der Waals surface area contributed by atoms with Crippen molar-refractivity contribution in [2.75, 3.05) is 6.61 Å². The molecule has 0 radical (unpaired) electrons. The van der Waals surface area contributed by atoms with Gasteiger partial charge in [0, 0.05) is 28.7 Å². The van der Waals surface area contributed by atoms with E-state index in [1.807, 2.05) is 12.1 Å². The van der Waals surface area contributed by atoms with Crippen molar-refractivity contribution in [3.05, 3.63) is 33.3 Å².